The molecule has 0 bridgehead atoms. The number of nitrogens with zero attached hydrogens (tertiary/aromatic N) is 3. The van der Waals surface area contributed by atoms with Crippen LogP contribution in [0.2, 0.25) is 0 Å². The molecule has 1 aliphatic carbocycles. The van der Waals surface area contributed by atoms with Crippen molar-refractivity contribution in [3.63, 3.8) is 0 Å². The van der Waals surface area contributed by atoms with Gasteiger partial charge in [-0.15, -0.1) is 0 Å². The van der Waals surface area contributed by atoms with Gasteiger partial charge in [0, 0.05) is 36.0 Å². The summed E-state index contributed by atoms with van der Waals surface area (Å²) >= 11 is 0. The predicted molar refractivity (Wildman–Crippen MR) is 129 cm³/mol. The molecule has 2 aromatic heterocycles. The Morgan fingerprint density at radius 2 is 2.06 bits per heavy atom. The summed E-state index contributed by atoms with van der Waals surface area (Å²) in [5.74, 6) is 1.67. The summed E-state index contributed by atoms with van der Waals surface area (Å²) in [5, 5.41) is 5.79. The van der Waals surface area contributed by atoms with E-state index in [4.69, 9.17) is 4.98 Å². The van der Waals surface area contributed by atoms with E-state index in [1.807, 2.05) is 13.0 Å². The number of H-pyrrole nitrogens is 1. The van der Waals surface area contributed by atoms with E-state index in [9.17, 15) is 13.2 Å². The molecular weight excluding hydrogens is 458 g/mol. The number of methoxy groups -OCH3 is 1. The van der Waals surface area contributed by atoms with E-state index in [0.717, 1.165) is 36.2 Å². The molecule has 1 amide bonds. The average molecular weight is 486 g/mol. The Morgan fingerprint density at radius 3 is 2.76 bits per heavy atom. The third kappa shape index (κ3) is 6.01. The lowest BCUT2D eigenvalue weighted by Gasteiger charge is -2.14. The molecule has 1 aliphatic rings. The van der Waals surface area contributed by atoms with Crippen molar-refractivity contribution in [2.45, 2.75) is 31.7 Å². The number of carbonyl (C=O) groups is 1. The molecule has 0 spiro atoms. The fraction of sp³-hybridized carbons (Fsp3) is 0.364. The molecule has 1 saturated carbocycles. The maximum Gasteiger partial charge on any atom is 0.407 e. The lowest BCUT2D eigenvalue weighted by Crippen LogP contribution is -2.37. The van der Waals surface area contributed by atoms with Gasteiger partial charge in [0.2, 0.25) is 16.0 Å². The fourth-order valence-corrected chi connectivity index (χ4v) is 3.97. The van der Waals surface area contributed by atoms with Crippen molar-refractivity contribution >= 4 is 27.8 Å². The number of nitrogens with one attached hydrogen (secondary N) is 4. The van der Waals surface area contributed by atoms with Crippen molar-refractivity contribution in [3.8, 4) is 22.6 Å². The molecule has 11 nitrogen and oxygen atoms in total. The van der Waals surface area contributed by atoms with Gasteiger partial charge in [-0.1, -0.05) is 12.1 Å². The Labute approximate surface area is 197 Å². The highest BCUT2D eigenvalue weighted by Crippen LogP contribution is 2.41. The topological polar surface area (TPSA) is 151 Å². The predicted octanol–water partition coefficient (Wildman–Crippen LogP) is 2.94. The summed E-state index contributed by atoms with van der Waals surface area (Å²) in [6.07, 6.45) is 4.40. The number of hydrogen-bond donors (Lipinski definition) is 4. The Morgan fingerprint density at radius 1 is 1.26 bits per heavy atom. The first kappa shape index (κ1) is 23.5. The quantitative estimate of drug-likeness (QED) is 0.361. The first-order chi connectivity index (χ1) is 16.2. The average Bonchev–Trinajstić information content (AvgIpc) is 3.55. The van der Waals surface area contributed by atoms with Crippen LogP contribution < -0.4 is 15.4 Å². The summed E-state index contributed by atoms with van der Waals surface area (Å²) in [4.78, 5) is 28.5. The van der Waals surface area contributed by atoms with Gasteiger partial charge in [-0.05, 0) is 38.0 Å². The minimum Gasteiger partial charge on any atom is -0.453 e. The second-order valence-electron chi connectivity index (χ2n) is 8.26. The van der Waals surface area contributed by atoms with Gasteiger partial charge in [0.05, 0.1) is 30.4 Å². The minimum absolute atomic E-state index is 0.200. The van der Waals surface area contributed by atoms with E-state index < -0.39 is 16.1 Å². The number of sulfonamides is 1. The third-order valence-corrected chi connectivity index (χ3v) is 5.76. The summed E-state index contributed by atoms with van der Waals surface area (Å²) in [7, 11) is -2.09. The molecule has 4 N–H and O–H groups in total. The molecule has 180 valence electrons. The highest BCUT2D eigenvalue weighted by atomic mass is 32.2. The van der Waals surface area contributed by atoms with E-state index in [0.29, 0.717) is 35.5 Å². The van der Waals surface area contributed by atoms with Crippen molar-refractivity contribution < 1.29 is 17.9 Å². The van der Waals surface area contributed by atoms with Gasteiger partial charge in [-0.3, -0.25) is 4.72 Å². The summed E-state index contributed by atoms with van der Waals surface area (Å²) < 4.78 is 30.5. The smallest absolute Gasteiger partial charge is 0.407 e. The maximum absolute atomic E-state index is 11.7. The first-order valence-electron chi connectivity index (χ1n) is 10.8. The van der Waals surface area contributed by atoms with Gasteiger partial charge in [-0.25, -0.2) is 28.2 Å². The van der Waals surface area contributed by atoms with Crippen molar-refractivity contribution in [1.29, 1.82) is 0 Å². The Kier molecular flexibility index (Phi) is 6.68. The number of aromatic nitrogens is 4. The summed E-state index contributed by atoms with van der Waals surface area (Å²) in [6.45, 7) is 2.24. The first-order valence-corrected chi connectivity index (χ1v) is 12.7. The zero-order valence-corrected chi connectivity index (χ0v) is 19.9. The molecule has 1 atom stereocenters. The lowest BCUT2D eigenvalue weighted by molar-refractivity contribution is 0.168. The minimum atomic E-state index is -3.41. The van der Waals surface area contributed by atoms with Crippen LogP contribution in [0.4, 0.5) is 16.4 Å². The van der Waals surface area contributed by atoms with Crippen LogP contribution in [-0.4, -0.2) is 60.4 Å². The molecule has 1 aromatic carbocycles. The monoisotopic (exact) mass is 485 g/mol. The summed E-state index contributed by atoms with van der Waals surface area (Å²) in [5.41, 5.74) is 3.27. The lowest BCUT2D eigenvalue weighted by atomic mass is 10.1. The van der Waals surface area contributed by atoms with Gasteiger partial charge in [-0.2, -0.15) is 0 Å². The largest absolute Gasteiger partial charge is 0.453 e. The number of rotatable bonds is 9. The molecule has 0 radical (unpaired) electrons. The Bertz CT molecular complexity index is 1290. The van der Waals surface area contributed by atoms with E-state index >= 15 is 0 Å². The van der Waals surface area contributed by atoms with Gasteiger partial charge in [0.25, 0.3) is 0 Å². The number of imidazole rings is 1. The number of amides is 1. The number of alkyl carbamates (subject to hydrolysis) is 1. The van der Waals surface area contributed by atoms with E-state index in [2.05, 4.69) is 35.0 Å². The second-order valence-corrected chi connectivity index (χ2v) is 10.0. The maximum atomic E-state index is 11.7. The highest BCUT2D eigenvalue weighted by molar-refractivity contribution is 7.92. The molecule has 0 aliphatic heterocycles. The van der Waals surface area contributed by atoms with Crippen LogP contribution in [0.25, 0.3) is 22.6 Å². The van der Waals surface area contributed by atoms with Gasteiger partial charge in [0.1, 0.15) is 5.82 Å². The molecule has 0 unspecified atom stereocenters. The second kappa shape index (κ2) is 9.67. The van der Waals surface area contributed by atoms with Crippen LogP contribution in [0, 0.1) is 0 Å². The highest BCUT2D eigenvalue weighted by Gasteiger charge is 2.29. The molecule has 4 rings (SSSR count). The van der Waals surface area contributed by atoms with Crippen LogP contribution in [0.15, 0.2) is 36.5 Å². The fourth-order valence-electron chi connectivity index (χ4n) is 3.42. The zero-order chi connectivity index (χ0) is 24.3. The number of aromatic amines is 1. The van der Waals surface area contributed by atoms with Gasteiger partial charge >= 0.3 is 6.09 Å². The molecule has 12 heteroatoms. The van der Waals surface area contributed by atoms with E-state index in [1.54, 1.807) is 30.5 Å². The van der Waals surface area contributed by atoms with Crippen LogP contribution in [-0.2, 0) is 14.8 Å². The number of ether oxygens (including phenoxy) is 1. The molecule has 0 saturated heterocycles. The van der Waals surface area contributed by atoms with E-state index in [1.165, 1.54) is 7.11 Å². The molecule has 34 heavy (non-hydrogen) atoms. The van der Waals surface area contributed by atoms with Gasteiger partial charge in [0.15, 0.2) is 0 Å². The normalized spacial score (nSPS) is 14.3. The van der Waals surface area contributed by atoms with Crippen molar-refractivity contribution in [2.24, 2.45) is 0 Å². The van der Waals surface area contributed by atoms with Crippen LogP contribution in [0.5, 0.6) is 0 Å². The molecule has 2 heterocycles. The molecule has 3 aromatic rings. The van der Waals surface area contributed by atoms with Crippen molar-refractivity contribution in [1.82, 2.24) is 25.3 Å². The Balaban J connectivity index is 1.62. The summed E-state index contributed by atoms with van der Waals surface area (Å²) in [6, 6.07) is 8.68. The van der Waals surface area contributed by atoms with Crippen molar-refractivity contribution in [3.05, 3.63) is 42.4 Å². The van der Waals surface area contributed by atoms with Crippen LogP contribution >= 0.6 is 0 Å². The van der Waals surface area contributed by atoms with Crippen molar-refractivity contribution in [2.75, 3.05) is 29.9 Å². The SMILES string of the molecule is COC(=O)N[C@@H](C)CNc1nccc(-c2[nH]c(C3CC3)nc2-c2cccc(NS(C)(=O)=O)c2)n1. The van der Waals surface area contributed by atoms with Crippen LogP contribution in [0.1, 0.15) is 31.5 Å². The number of anilines is 2. The number of hydrogen-bond acceptors (Lipinski definition) is 8. The van der Waals surface area contributed by atoms with E-state index in [-0.39, 0.29) is 6.04 Å². The molecule has 1 fully saturated rings. The van der Waals surface area contributed by atoms with Crippen LogP contribution in [0.3, 0.4) is 0 Å². The zero-order valence-electron chi connectivity index (χ0n) is 19.1. The molecular formula is C22H27N7O4S. The Hall–Kier alpha value is -3.67. The third-order valence-electron chi connectivity index (χ3n) is 5.15. The number of carbonyl (C=O) groups excluding carboxylic acids is 1. The number of benzene rings is 1. The van der Waals surface area contributed by atoms with Gasteiger partial charge < -0.3 is 20.4 Å². The standard InChI is InChI=1S/C22H27N7O4S/c1-13(25-22(30)33-2)12-24-21-23-10-9-17(26-21)19-18(27-20(28-19)14-7-8-14)15-5-4-6-16(11-15)29-34(3,31)32/h4-6,9-11,13-14,29H,7-8,12H2,1-3H3,(H,25,30)(H,27,28)(H,23,24,26)/t13-/m0/s1.